The molecule has 0 spiro atoms. The summed E-state index contributed by atoms with van der Waals surface area (Å²) in [7, 11) is 0. The van der Waals surface area contributed by atoms with Gasteiger partial charge in [-0.25, -0.2) is 0 Å². The summed E-state index contributed by atoms with van der Waals surface area (Å²) < 4.78 is 6.70. The molecule has 24 heavy (non-hydrogen) atoms. The molecule has 6 nitrogen and oxygen atoms in total. The van der Waals surface area contributed by atoms with Crippen molar-refractivity contribution in [1.29, 1.82) is 0 Å². The quantitative estimate of drug-likeness (QED) is 0.618. The van der Waals surface area contributed by atoms with E-state index >= 15 is 0 Å². The number of aryl methyl sites for hydroxylation is 1. The van der Waals surface area contributed by atoms with Crippen LogP contribution in [0.3, 0.4) is 0 Å². The molecule has 0 bridgehead atoms. The molecule has 3 rings (SSSR count). The number of rotatable bonds is 7. The van der Waals surface area contributed by atoms with Gasteiger partial charge >= 0.3 is 0 Å². The van der Waals surface area contributed by atoms with Crippen LogP contribution in [0.25, 0.3) is 11.5 Å². The van der Waals surface area contributed by atoms with Gasteiger partial charge in [-0.05, 0) is 32.4 Å². The molecular formula is C16H19N5OS2. The largest absolute Gasteiger partial charge is 0.419 e. The fourth-order valence-corrected chi connectivity index (χ4v) is 3.93. The van der Waals surface area contributed by atoms with Gasteiger partial charge in [0.25, 0.3) is 0 Å². The number of benzene rings is 1. The number of anilines is 1. The number of thioether (sulfide) groups is 1. The first-order chi connectivity index (χ1) is 11.7. The molecule has 0 amide bonds. The van der Waals surface area contributed by atoms with Gasteiger partial charge in [0.15, 0.2) is 4.34 Å². The fourth-order valence-electron chi connectivity index (χ4n) is 1.97. The predicted molar refractivity (Wildman–Crippen MR) is 97.4 cm³/mol. The second-order valence-corrected chi connectivity index (χ2v) is 7.94. The smallest absolute Gasteiger partial charge is 0.247 e. The molecule has 2 heterocycles. The van der Waals surface area contributed by atoms with Gasteiger partial charge in [0.1, 0.15) is 0 Å². The molecule has 0 saturated carbocycles. The van der Waals surface area contributed by atoms with Crippen LogP contribution < -0.4 is 5.32 Å². The van der Waals surface area contributed by atoms with Crippen LogP contribution in [0, 0.1) is 6.92 Å². The molecule has 0 aliphatic carbocycles. The van der Waals surface area contributed by atoms with Gasteiger partial charge in [-0.2, -0.15) is 0 Å². The van der Waals surface area contributed by atoms with Gasteiger partial charge < -0.3 is 9.73 Å². The number of hydrogen-bond acceptors (Lipinski definition) is 8. The molecule has 0 fully saturated rings. The standard InChI is InChI=1S/C16H19N5OS2/c1-4-9-17-15-20-21-16(24-15)23-11(3)13-18-19-14(22-13)12-7-5-10(2)6-8-12/h5-8,11H,4,9H2,1-3H3,(H,17,20). The lowest BCUT2D eigenvalue weighted by Crippen LogP contribution is -1.98. The van der Waals surface area contributed by atoms with E-state index in [0.29, 0.717) is 11.8 Å². The molecule has 0 radical (unpaired) electrons. The third-order valence-electron chi connectivity index (χ3n) is 3.30. The molecule has 8 heteroatoms. The van der Waals surface area contributed by atoms with Crippen LogP contribution in [0.4, 0.5) is 5.13 Å². The minimum Gasteiger partial charge on any atom is -0.419 e. The lowest BCUT2D eigenvalue weighted by atomic mass is 10.1. The van der Waals surface area contributed by atoms with Crippen molar-refractivity contribution < 1.29 is 4.42 Å². The van der Waals surface area contributed by atoms with E-state index in [9.17, 15) is 0 Å². The SMILES string of the molecule is CCCNc1nnc(SC(C)c2nnc(-c3ccc(C)cc3)o2)s1. The Morgan fingerprint density at radius 2 is 1.96 bits per heavy atom. The van der Waals surface area contributed by atoms with Crippen molar-refractivity contribution >= 4 is 28.2 Å². The first-order valence-corrected chi connectivity index (χ1v) is 9.49. The highest BCUT2D eigenvalue weighted by atomic mass is 32.2. The van der Waals surface area contributed by atoms with Crippen LogP contribution in [-0.2, 0) is 0 Å². The summed E-state index contributed by atoms with van der Waals surface area (Å²) in [6.45, 7) is 7.09. The fraction of sp³-hybridized carbons (Fsp3) is 0.375. The van der Waals surface area contributed by atoms with Crippen molar-refractivity contribution in [2.45, 2.75) is 36.8 Å². The van der Waals surface area contributed by atoms with Crippen molar-refractivity contribution in [1.82, 2.24) is 20.4 Å². The van der Waals surface area contributed by atoms with E-state index in [4.69, 9.17) is 4.42 Å². The van der Waals surface area contributed by atoms with E-state index in [0.717, 1.165) is 28.0 Å². The lowest BCUT2D eigenvalue weighted by Gasteiger charge is -2.02. The summed E-state index contributed by atoms with van der Waals surface area (Å²) in [5, 5.41) is 20.7. The predicted octanol–water partition coefficient (Wildman–Crippen LogP) is 4.57. The Labute approximate surface area is 149 Å². The highest BCUT2D eigenvalue weighted by molar-refractivity contribution is 8.01. The Morgan fingerprint density at radius 1 is 1.17 bits per heavy atom. The van der Waals surface area contributed by atoms with Gasteiger partial charge in [0, 0.05) is 12.1 Å². The zero-order valence-electron chi connectivity index (χ0n) is 13.8. The van der Waals surface area contributed by atoms with Gasteiger partial charge in [-0.15, -0.1) is 20.4 Å². The zero-order valence-corrected chi connectivity index (χ0v) is 15.4. The third kappa shape index (κ3) is 4.12. The lowest BCUT2D eigenvalue weighted by molar-refractivity contribution is 0.509. The van der Waals surface area contributed by atoms with Crippen LogP contribution in [0.2, 0.25) is 0 Å². The second kappa shape index (κ2) is 7.76. The maximum absolute atomic E-state index is 5.81. The van der Waals surface area contributed by atoms with E-state index in [-0.39, 0.29) is 5.25 Å². The van der Waals surface area contributed by atoms with Crippen molar-refractivity contribution in [2.75, 3.05) is 11.9 Å². The Hall–Kier alpha value is -1.93. The third-order valence-corrected chi connectivity index (χ3v) is 5.35. The number of nitrogens with zero attached hydrogens (tertiary/aromatic N) is 4. The van der Waals surface area contributed by atoms with Crippen LogP contribution in [0.5, 0.6) is 0 Å². The summed E-state index contributed by atoms with van der Waals surface area (Å²) in [5.74, 6) is 1.13. The van der Waals surface area contributed by atoms with Gasteiger partial charge in [-0.1, -0.05) is 47.7 Å². The van der Waals surface area contributed by atoms with Crippen molar-refractivity contribution in [3.8, 4) is 11.5 Å². The van der Waals surface area contributed by atoms with Crippen molar-refractivity contribution in [3.05, 3.63) is 35.7 Å². The normalized spacial score (nSPS) is 12.3. The Kier molecular flexibility index (Phi) is 5.47. The van der Waals surface area contributed by atoms with Gasteiger partial charge in [0.2, 0.25) is 16.9 Å². The van der Waals surface area contributed by atoms with E-state index in [1.165, 1.54) is 5.56 Å². The highest BCUT2D eigenvalue weighted by Gasteiger charge is 2.18. The molecule has 0 aliphatic heterocycles. The minimum absolute atomic E-state index is 0.0173. The number of nitrogens with one attached hydrogen (secondary N) is 1. The van der Waals surface area contributed by atoms with Crippen LogP contribution >= 0.6 is 23.1 Å². The van der Waals surface area contributed by atoms with Crippen LogP contribution in [0.15, 0.2) is 33.0 Å². The van der Waals surface area contributed by atoms with E-state index in [1.54, 1.807) is 23.1 Å². The summed E-state index contributed by atoms with van der Waals surface area (Å²) >= 11 is 3.11. The topological polar surface area (TPSA) is 76.7 Å². The van der Waals surface area contributed by atoms with E-state index in [2.05, 4.69) is 32.6 Å². The summed E-state index contributed by atoms with van der Waals surface area (Å²) in [6.07, 6.45) is 1.06. The molecular weight excluding hydrogens is 342 g/mol. The maximum atomic E-state index is 5.81. The molecule has 1 atom stereocenters. The molecule has 1 N–H and O–H groups in total. The van der Waals surface area contributed by atoms with Crippen molar-refractivity contribution in [3.63, 3.8) is 0 Å². The van der Waals surface area contributed by atoms with Gasteiger partial charge in [0.05, 0.1) is 5.25 Å². The first-order valence-electron chi connectivity index (χ1n) is 7.80. The van der Waals surface area contributed by atoms with Crippen molar-refractivity contribution in [2.24, 2.45) is 0 Å². The van der Waals surface area contributed by atoms with Crippen LogP contribution in [-0.4, -0.2) is 26.9 Å². The maximum Gasteiger partial charge on any atom is 0.247 e. The van der Waals surface area contributed by atoms with Gasteiger partial charge in [-0.3, -0.25) is 0 Å². The highest BCUT2D eigenvalue weighted by Crippen LogP contribution is 2.37. The Bertz CT molecular complexity index is 784. The summed E-state index contributed by atoms with van der Waals surface area (Å²) in [5.41, 5.74) is 2.13. The molecule has 2 aromatic heterocycles. The molecule has 1 aromatic carbocycles. The average molecular weight is 361 g/mol. The van der Waals surface area contributed by atoms with E-state index in [1.807, 2.05) is 38.1 Å². The molecule has 3 aromatic rings. The average Bonchev–Trinajstić information content (AvgIpc) is 3.23. The zero-order chi connectivity index (χ0) is 16.9. The minimum atomic E-state index is 0.0173. The Morgan fingerprint density at radius 3 is 2.71 bits per heavy atom. The van der Waals surface area contributed by atoms with E-state index < -0.39 is 0 Å². The number of aromatic nitrogens is 4. The first kappa shape index (κ1) is 16.9. The number of hydrogen-bond donors (Lipinski definition) is 1. The monoisotopic (exact) mass is 361 g/mol. The molecule has 126 valence electrons. The summed E-state index contributed by atoms with van der Waals surface area (Å²) in [4.78, 5) is 0. The summed E-state index contributed by atoms with van der Waals surface area (Å²) in [6, 6.07) is 8.04. The Balaban J connectivity index is 1.66. The molecule has 0 aliphatic rings. The van der Waals surface area contributed by atoms with Crippen LogP contribution in [0.1, 0.15) is 37.0 Å². The molecule has 0 saturated heterocycles. The molecule has 1 unspecified atom stereocenters. The second-order valence-electron chi connectivity index (χ2n) is 5.37.